The Morgan fingerprint density at radius 3 is 2.46 bits per heavy atom. The molecule has 7 heteroatoms. The topological polar surface area (TPSA) is 91.8 Å². The van der Waals surface area contributed by atoms with E-state index in [2.05, 4.69) is 10.3 Å². The van der Waals surface area contributed by atoms with Gasteiger partial charge in [0.1, 0.15) is 12.4 Å². The molecule has 1 saturated carbocycles. The summed E-state index contributed by atoms with van der Waals surface area (Å²) in [5.41, 5.74) is 1.61. The van der Waals surface area contributed by atoms with Gasteiger partial charge in [-0.05, 0) is 61.3 Å². The number of hydrogen-bond donors (Lipinski definition) is 2. The second-order valence-electron chi connectivity index (χ2n) is 6.92. The van der Waals surface area contributed by atoms with Crippen LogP contribution in [0.3, 0.4) is 0 Å². The number of amides is 1. The van der Waals surface area contributed by atoms with Gasteiger partial charge in [-0.25, -0.2) is 0 Å². The Hall–Kier alpha value is -2.93. The van der Waals surface area contributed by atoms with Crippen LogP contribution >= 0.6 is 0 Å². The molecule has 1 aromatic carbocycles. The number of carboxylic acid groups (broad SMARTS) is 1. The average molecular weight is 383 g/mol. The number of rotatable bonds is 9. The number of benzene rings is 1. The second-order valence-corrected chi connectivity index (χ2v) is 6.92. The van der Waals surface area contributed by atoms with E-state index in [1.807, 2.05) is 24.0 Å². The first kappa shape index (κ1) is 19.8. The van der Waals surface area contributed by atoms with Gasteiger partial charge < -0.3 is 15.2 Å². The number of carboxylic acids is 1. The number of aromatic nitrogens is 1. The molecule has 1 heterocycles. The molecule has 1 aliphatic carbocycles. The molecule has 1 amide bonds. The Balaban J connectivity index is 1.44. The molecule has 0 saturated heterocycles. The third kappa shape index (κ3) is 5.29. The lowest BCUT2D eigenvalue weighted by Gasteiger charge is -2.42. The summed E-state index contributed by atoms with van der Waals surface area (Å²) in [5, 5.41) is 12.0. The highest BCUT2D eigenvalue weighted by atomic mass is 16.5. The Kier molecular flexibility index (Phi) is 6.60. The lowest BCUT2D eigenvalue weighted by molar-refractivity contribution is -0.139. The van der Waals surface area contributed by atoms with Crippen LogP contribution in [0.15, 0.2) is 48.8 Å². The summed E-state index contributed by atoms with van der Waals surface area (Å²) in [5.74, 6) is -0.240. The molecule has 0 spiro atoms. The van der Waals surface area contributed by atoms with Gasteiger partial charge in [-0.3, -0.25) is 19.5 Å². The number of nitrogens with zero attached hydrogens (tertiary/aromatic N) is 2. The van der Waals surface area contributed by atoms with E-state index in [0.717, 1.165) is 18.4 Å². The molecule has 7 nitrogen and oxygen atoms in total. The zero-order valence-corrected chi connectivity index (χ0v) is 15.9. The fourth-order valence-electron chi connectivity index (χ4n) is 3.29. The minimum absolute atomic E-state index is 0.0444. The molecule has 0 aliphatic heterocycles. The van der Waals surface area contributed by atoms with Crippen molar-refractivity contribution in [3.63, 3.8) is 0 Å². The number of hydrogen-bond acceptors (Lipinski definition) is 5. The maximum Gasteiger partial charge on any atom is 0.317 e. The Bertz CT molecular complexity index is 789. The molecule has 28 heavy (non-hydrogen) atoms. The first-order chi connectivity index (χ1) is 13.5. The Morgan fingerprint density at radius 2 is 1.86 bits per heavy atom. The average Bonchev–Trinajstić information content (AvgIpc) is 2.68. The molecule has 148 valence electrons. The number of pyridine rings is 1. The number of nitrogens with one attached hydrogen (secondary N) is 1. The van der Waals surface area contributed by atoms with E-state index in [4.69, 9.17) is 9.84 Å². The predicted octanol–water partition coefficient (Wildman–Crippen LogP) is 2.33. The molecule has 1 aromatic heterocycles. The second kappa shape index (κ2) is 9.32. The van der Waals surface area contributed by atoms with E-state index in [1.165, 1.54) is 0 Å². The molecular weight excluding hydrogens is 358 g/mol. The highest BCUT2D eigenvalue weighted by Crippen LogP contribution is 2.26. The number of carbonyl (C=O) groups excluding carboxylic acids is 1. The van der Waals surface area contributed by atoms with Crippen molar-refractivity contribution in [2.75, 3.05) is 13.1 Å². The van der Waals surface area contributed by atoms with Crippen LogP contribution in [0.25, 0.3) is 0 Å². The molecular formula is C21H25N3O4. The number of likely N-dealkylation sites (N-methyl/N-ethyl adjacent to an activating group) is 1. The predicted molar refractivity (Wildman–Crippen MR) is 104 cm³/mol. The SMILES string of the molecule is CCN(CC(=O)O)C1CC(NC(=O)c2ccc(OCc3ccncc3)cc2)C1. The number of aliphatic carboxylic acids is 1. The highest BCUT2D eigenvalue weighted by Gasteiger charge is 2.34. The van der Waals surface area contributed by atoms with Crippen LogP contribution < -0.4 is 10.1 Å². The zero-order valence-electron chi connectivity index (χ0n) is 15.9. The van der Waals surface area contributed by atoms with Crippen LogP contribution in [0, 0.1) is 0 Å². The first-order valence-electron chi connectivity index (χ1n) is 9.43. The summed E-state index contributed by atoms with van der Waals surface area (Å²) in [6.07, 6.45) is 5.00. The van der Waals surface area contributed by atoms with Crippen molar-refractivity contribution in [1.82, 2.24) is 15.2 Å². The van der Waals surface area contributed by atoms with Crippen LogP contribution in [-0.2, 0) is 11.4 Å². The van der Waals surface area contributed by atoms with Gasteiger partial charge in [0.05, 0.1) is 6.54 Å². The third-order valence-corrected chi connectivity index (χ3v) is 4.98. The summed E-state index contributed by atoms with van der Waals surface area (Å²) in [6, 6.07) is 11.1. The van der Waals surface area contributed by atoms with Gasteiger partial charge >= 0.3 is 5.97 Å². The van der Waals surface area contributed by atoms with Gasteiger partial charge in [-0.1, -0.05) is 6.92 Å². The molecule has 2 N–H and O–H groups in total. The smallest absolute Gasteiger partial charge is 0.317 e. The van der Waals surface area contributed by atoms with E-state index < -0.39 is 5.97 Å². The van der Waals surface area contributed by atoms with Gasteiger partial charge in [0, 0.05) is 30.0 Å². The first-order valence-corrected chi connectivity index (χ1v) is 9.43. The van der Waals surface area contributed by atoms with Crippen molar-refractivity contribution in [2.45, 2.75) is 38.5 Å². The normalized spacial score (nSPS) is 18.4. The van der Waals surface area contributed by atoms with Crippen LogP contribution in [-0.4, -0.2) is 52.0 Å². The maximum atomic E-state index is 12.4. The van der Waals surface area contributed by atoms with Gasteiger partial charge in [0.2, 0.25) is 0 Å². The molecule has 1 fully saturated rings. The zero-order chi connectivity index (χ0) is 19.9. The van der Waals surface area contributed by atoms with Crippen LogP contribution in [0.2, 0.25) is 0 Å². The van der Waals surface area contributed by atoms with Crippen LogP contribution in [0.1, 0.15) is 35.7 Å². The third-order valence-electron chi connectivity index (χ3n) is 4.98. The molecule has 0 bridgehead atoms. The van der Waals surface area contributed by atoms with Crippen molar-refractivity contribution >= 4 is 11.9 Å². The van der Waals surface area contributed by atoms with E-state index in [-0.39, 0.29) is 24.5 Å². The standard InChI is InChI=1S/C21H25N3O4/c1-2-24(13-20(25)26)18-11-17(12-18)23-21(27)16-3-5-19(6-4-16)28-14-15-7-9-22-10-8-15/h3-10,17-18H,2,11-14H2,1H3,(H,23,27)(H,25,26). The number of carbonyl (C=O) groups is 2. The summed E-state index contributed by atoms with van der Waals surface area (Å²) < 4.78 is 5.71. The van der Waals surface area contributed by atoms with Gasteiger partial charge in [-0.15, -0.1) is 0 Å². The molecule has 0 atom stereocenters. The molecule has 0 unspecified atom stereocenters. The van der Waals surface area contributed by atoms with Crippen molar-refractivity contribution < 1.29 is 19.4 Å². The lowest BCUT2D eigenvalue weighted by atomic mass is 9.85. The van der Waals surface area contributed by atoms with E-state index in [1.54, 1.807) is 36.7 Å². The Labute approximate surface area is 164 Å². The van der Waals surface area contributed by atoms with E-state index in [0.29, 0.717) is 24.5 Å². The van der Waals surface area contributed by atoms with Crippen molar-refractivity contribution in [3.05, 3.63) is 59.9 Å². The largest absolute Gasteiger partial charge is 0.489 e. The van der Waals surface area contributed by atoms with Crippen molar-refractivity contribution in [3.8, 4) is 5.75 Å². The fraction of sp³-hybridized carbons (Fsp3) is 0.381. The van der Waals surface area contributed by atoms with E-state index in [9.17, 15) is 9.59 Å². The highest BCUT2D eigenvalue weighted by molar-refractivity contribution is 5.94. The maximum absolute atomic E-state index is 12.4. The molecule has 2 aromatic rings. The molecule has 3 rings (SSSR count). The van der Waals surface area contributed by atoms with Gasteiger partial charge in [0.25, 0.3) is 5.91 Å². The van der Waals surface area contributed by atoms with Gasteiger partial charge in [-0.2, -0.15) is 0 Å². The van der Waals surface area contributed by atoms with E-state index >= 15 is 0 Å². The summed E-state index contributed by atoms with van der Waals surface area (Å²) in [4.78, 5) is 29.2. The Morgan fingerprint density at radius 1 is 1.18 bits per heavy atom. The van der Waals surface area contributed by atoms with Crippen molar-refractivity contribution in [2.24, 2.45) is 0 Å². The monoisotopic (exact) mass is 383 g/mol. The number of ether oxygens (including phenoxy) is 1. The fourth-order valence-corrected chi connectivity index (χ4v) is 3.29. The summed E-state index contributed by atoms with van der Waals surface area (Å²) >= 11 is 0. The lowest BCUT2D eigenvalue weighted by Crippen LogP contribution is -2.54. The van der Waals surface area contributed by atoms with Crippen molar-refractivity contribution in [1.29, 1.82) is 0 Å². The molecule has 0 radical (unpaired) electrons. The minimum atomic E-state index is -0.819. The minimum Gasteiger partial charge on any atom is -0.489 e. The van der Waals surface area contributed by atoms with Gasteiger partial charge in [0.15, 0.2) is 0 Å². The molecule has 1 aliphatic rings. The summed E-state index contributed by atoms with van der Waals surface area (Å²) in [7, 11) is 0. The van der Waals surface area contributed by atoms with Crippen LogP contribution in [0.4, 0.5) is 0 Å². The quantitative estimate of drug-likeness (QED) is 0.691. The summed E-state index contributed by atoms with van der Waals surface area (Å²) in [6.45, 7) is 3.14. The van der Waals surface area contributed by atoms with Crippen LogP contribution in [0.5, 0.6) is 5.75 Å².